The van der Waals surface area contributed by atoms with E-state index in [-0.39, 0.29) is 16.3 Å². The highest BCUT2D eigenvalue weighted by Gasteiger charge is 2.20. The zero-order valence-electron chi connectivity index (χ0n) is 17.3. The number of benzene rings is 1. The molecule has 0 aromatic heterocycles. The fourth-order valence-corrected chi connectivity index (χ4v) is 3.96. The number of guanidine groups is 1. The third-order valence-corrected chi connectivity index (χ3v) is 6.10. The lowest BCUT2D eigenvalue weighted by Gasteiger charge is -2.28. The summed E-state index contributed by atoms with van der Waals surface area (Å²) < 4.78 is 23.2. The smallest absolute Gasteiger partial charge is 0.293 e. The number of anilines is 1. The summed E-state index contributed by atoms with van der Waals surface area (Å²) in [5.74, 6) is 1.53. The van der Waals surface area contributed by atoms with Crippen LogP contribution < -0.4 is 16.0 Å². The minimum Gasteiger partial charge on any atom is -0.378 e. The molecule has 10 heteroatoms. The van der Waals surface area contributed by atoms with Crippen molar-refractivity contribution in [1.29, 1.82) is 0 Å². The van der Waals surface area contributed by atoms with Crippen molar-refractivity contribution in [2.45, 2.75) is 50.5 Å². The van der Waals surface area contributed by atoms with E-state index >= 15 is 0 Å². The first-order valence-corrected chi connectivity index (χ1v) is 11.9. The molecule has 0 unspecified atom stereocenters. The number of nitro benzene ring substituents is 1. The second kappa shape index (κ2) is 10.4. The van der Waals surface area contributed by atoms with Gasteiger partial charge in [0, 0.05) is 31.5 Å². The van der Waals surface area contributed by atoms with E-state index in [0.717, 1.165) is 43.6 Å². The molecule has 0 heterocycles. The van der Waals surface area contributed by atoms with E-state index in [1.54, 1.807) is 0 Å². The average molecular weight is 426 g/mol. The molecule has 162 valence electrons. The lowest BCUT2D eigenvalue weighted by Crippen LogP contribution is -2.45. The predicted molar refractivity (Wildman–Crippen MR) is 115 cm³/mol. The number of nitrogens with zero attached hydrogens (tertiary/aromatic N) is 2. The summed E-state index contributed by atoms with van der Waals surface area (Å²) in [6, 6.07) is 4.28. The Balaban J connectivity index is 1.97. The van der Waals surface area contributed by atoms with Gasteiger partial charge in [-0.3, -0.25) is 15.1 Å². The number of rotatable bonds is 8. The van der Waals surface area contributed by atoms with Gasteiger partial charge in [0.2, 0.25) is 0 Å². The molecule has 2 rings (SSSR count). The number of hydrogen-bond donors (Lipinski definition) is 3. The van der Waals surface area contributed by atoms with Crippen molar-refractivity contribution in [1.82, 2.24) is 10.6 Å². The van der Waals surface area contributed by atoms with Crippen LogP contribution >= 0.6 is 0 Å². The van der Waals surface area contributed by atoms with Gasteiger partial charge in [0.15, 0.2) is 15.8 Å². The van der Waals surface area contributed by atoms with E-state index in [9.17, 15) is 18.5 Å². The molecule has 0 aliphatic heterocycles. The summed E-state index contributed by atoms with van der Waals surface area (Å²) in [6.07, 6.45) is 5.71. The number of sulfone groups is 1. The van der Waals surface area contributed by atoms with E-state index < -0.39 is 14.8 Å². The maximum Gasteiger partial charge on any atom is 0.293 e. The molecule has 1 fully saturated rings. The van der Waals surface area contributed by atoms with E-state index in [2.05, 4.69) is 27.9 Å². The van der Waals surface area contributed by atoms with Gasteiger partial charge >= 0.3 is 0 Å². The van der Waals surface area contributed by atoms with Gasteiger partial charge in [0.25, 0.3) is 5.69 Å². The monoisotopic (exact) mass is 425 g/mol. The van der Waals surface area contributed by atoms with Crippen LogP contribution in [0.25, 0.3) is 0 Å². The highest BCUT2D eigenvalue weighted by molar-refractivity contribution is 7.90. The molecule has 0 amide bonds. The Morgan fingerprint density at radius 2 is 1.97 bits per heavy atom. The zero-order valence-corrected chi connectivity index (χ0v) is 18.1. The van der Waals surface area contributed by atoms with Gasteiger partial charge in [-0.15, -0.1) is 0 Å². The van der Waals surface area contributed by atoms with Crippen LogP contribution in [0, 0.1) is 16.0 Å². The van der Waals surface area contributed by atoms with Crippen LogP contribution in [0.3, 0.4) is 0 Å². The molecule has 9 nitrogen and oxygen atoms in total. The third-order valence-electron chi connectivity index (χ3n) is 4.99. The number of aliphatic imine (C=N–C) groups is 1. The van der Waals surface area contributed by atoms with Crippen molar-refractivity contribution >= 4 is 27.2 Å². The van der Waals surface area contributed by atoms with Crippen molar-refractivity contribution in [3.63, 3.8) is 0 Å². The maximum absolute atomic E-state index is 11.6. The molecule has 1 saturated carbocycles. The van der Waals surface area contributed by atoms with Gasteiger partial charge in [0.1, 0.15) is 5.69 Å². The number of nitro groups is 1. The van der Waals surface area contributed by atoms with Crippen molar-refractivity contribution in [3.8, 4) is 0 Å². The molecular weight excluding hydrogens is 394 g/mol. The second-order valence-electron chi connectivity index (χ2n) is 7.50. The molecule has 1 aromatic carbocycles. The fourth-order valence-electron chi connectivity index (χ4n) is 3.32. The quantitative estimate of drug-likeness (QED) is 0.192. The molecule has 29 heavy (non-hydrogen) atoms. The van der Waals surface area contributed by atoms with E-state index in [0.29, 0.717) is 19.1 Å². The van der Waals surface area contributed by atoms with Crippen molar-refractivity contribution < 1.29 is 13.3 Å². The molecular formula is C19H31N5O4S. The van der Waals surface area contributed by atoms with Crippen LogP contribution in [-0.2, 0) is 9.84 Å². The number of hydrogen-bond acceptors (Lipinski definition) is 6. The van der Waals surface area contributed by atoms with Gasteiger partial charge in [-0.05, 0) is 50.7 Å². The van der Waals surface area contributed by atoms with Crippen LogP contribution in [-0.4, -0.2) is 51.2 Å². The van der Waals surface area contributed by atoms with Crippen LogP contribution in [0.15, 0.2) is 28.1 Å². The van der Waals surface area contributed by atoms with Gasteiger partial charge in [0.05, 0.1) is 16.4 Å². The van der Waals surface area contributed by atoms with Crippen molar-refractivity contribution in [2.24, 2.45) is 10.9 Å². The summed E-state index contributed by atoms with van der Waals surface area (Å²) in [4.78, 5) is 15.2. The van der Waals surface area contributed by atoms with Gasteiger partial charge in [-0.2, -0.15) is 0 Å². The second-order valence-corrected chi connectivity index (χ2v) is 9.51. The SMILES string of the molecule is CCNC(=NCCNc1ccc(S(C)(=O)=O)cc1[N+](=O)[O-])NC1CCC(C)CC1. The lowest BCUT2D eigenvalue weighted by molar-refractivity contribution is -0.384. The lowest BCUT2D eigenvalue weighted by atomic mass is 9.87. The predicted octanol–water partition coefficient (Wildman–Crippen LogP) is 2.54. The Hall–Kier alpha value is -2.36. The first-order valence-electron chi connectivity index (χ1n) is 9.98. The summed E-state index contributed by atoms with van der Waals surface area (Å²) in [5, 5.41) is 21.0. The van der Waals surface area contributed by atoms with E-state index in [1.165, 1.54) is 25.0 Å². The first kappa shape index (κ1) is 22.9. The van der Waals surface area contributed by atoms with Crippen LogP contribution in [0.5, 0.6) is 0 Å². The number of nitrogens with one attached hydrogen (secondary N) is 3. The Morgan fingerprint density at radius 3 is 2.55 bits per heavy atom. The molecule has 0 atom stereocenters. The average Bonchev–Trinajstić information content (AvgIpc) is 2.66. The van der Waals surface area contributed by atoms with Crippen LogP contribution in [0.4, 0.5) is 11.4 Å². The summed E-state index contributed by atoms with van der Waals surface area (Å²) in [7, 11) is -3.51. The highest BCUT2D eigenvalue weighted by Crippen LogP contribution is 2.27. The fraction of sp³-hybridized carbons (Fsp3) is 0.632. The van der Waals surface area contributed by atoms with Gasteiger partial charge < -0.3 is 16.0 Å². The molecule has 0 saturated heterocycles. The zero-order chi connectivity index (χ0) is 21.4. The van der Waals surface area contributed by atoms with Crippen molar-refractivity contribution in [2.75, 3.05) is 31.2 Å². The standard InChI is InChI=1S/C19H31N5O4S/c1-4-20-19(23-15-7-5-14(2)6-8-15)22-12-11-21-17-10-9-16(29(3,27)28)13-18(17)24(25)26/h9-10,13-15,21H,4-8,11-12H2,1-3H3,(H2,20,22,23). The van der Waals surface area contributed by atoms with Crippen molar-refractivity contribution in [3.05, 3.63) is 28.3 Å². The molecule has 0 radical (unpaired) electrons. The van der Waals surface area contributed by atoms with Crippen LogP contribution in [0.1, 0.15) is 39.5 Å². The molecule has 0 spiro atoms. The third kappa shape index (κ3) is 7.19. The highest BCUT2D eigenvalue weighted by atomic mass is 32.2. The van der Waals surface area contributed by atoms with Gasteiger partial charge in [-0.1, -0.05) is 6.92 Å². The largest absolute Gasteiger partial charge is 0.378 e. The van der Waals surface area contributed by atoms with Gasteiger partial charge in [-0.25, -0.2) is 8.42 Å². The Labute approximate surface area is 172 Å². The van der Waals surface area contributed by atoms with E-state index in [4.69, 9.17) is 0 Å². The Kier molecular flexibility index (Phi) is 8.24. The Bertz CT molecular complexity index is 833. The summed E-state index contributed by atoms with van der Waals surface area (Å²) >= 11 is 0. The molecule has 0 bridgehead atoms. The summed E-state index contributed by atoms with van der Waals surface area (Å²) in [6.45, 7) is 5.84. The topological polar surface area (TPSA) is 126 Å². The molecule has 1 aliphatic carbocycles. The molecule has 1 aromatic rings. The molecule has 1 aliphatic rings. The normalized spacial score (nSPS) is 20.2. The Morgan fingerprint density at radius 1 is 1.28 bits per heavy atom. The minimum absolute atomic E-state index is 0.0757. The van der Waals surface area contributed by atoms with E-state index in [1.807, 2.05) is 6.92 Å². The summed E-state index contributed by atoms with van der Waals surface area (Å²) in [5.41, 5.74) is 0.00934. The maximum atomic E-state index is 11.6. The first-order chi connectivity index (χ1) is 13.7. The minimum atomic E-state index is -3.51. The van der Waals surface area contributed by atoms with Crippen LogP contribution in [0.2, 0.25) is 0 Å². The molecule has 3 N–H and O–H groups in total.